The normalized spacial score (nSPS) is 15.8. The molecule has 1 aromatic rings. The van der Waals surface area contributed by atoms with Crippen LogP contribution in [0.25, 0.3) is 5.70 Å². The molecule has 1 saturated carbocycles. The predicted octanol–water partition coefficient (Wildman–Crippen LogP) is 3.35. The number of likely N-dealkylation sites (N-methyl/N-ethyl adjacent to an activating group) is 1. The van der Waals surface area contributed by atoms with E-state index in [1.807, 2.05) is 13.0 Å². The van der Waals surface area contributed by atoms with Gasteiger partial charge in [-0.2, -0.15) is 0 Å². The van der Waals surface area contributed by atoms with E-state index in [-0.39, 0.29) is 18.4 Å². The minimum absolute atomic E-state index is 0.175. The minimum Gasteiger partial charge on any atom is -0.489 e. The van der Waals surface area contributed by atoms with E-state index >= 15 is 0 Å². The molecule has 1 aliphatic rings. The number of carbonyl (C=O) groups excluding carboxylic acids is 1. The number of ether oxygens (including phenoxy) is 2. The molecule has 4 N–H and O–H groups in total. The van der Waals surface area contributed by atoms with Crippen LogP contribution in [0.5, 0.6) is 5.75 Å². The van der Waals surface area contributed by atoms with E-state index in [0.717, 1.165) is 24.3 Å². The highest BCUT2D eigenvalue weighted by Crippen LogP contribution is 2.26. The van der Waals surface area contributed by atoms with Gasteiger partial charge in [0, 0.05) is 14.1 Å². The lowest BCUT2D eigenvalue weighted by molar-refractivity contribution is 0.0679. The van der Waals surface area contributed by atoms with Crippen molar-refractivity contribution in [3.05, 3.63) is 29.2 Å². The molecule has 0 aromatic carbocycles. The lowest BCUT2D eigenvalue weighted by Crippen LogP contribution is -2.47. The van der Waals surface area contributed by atoms with Crippen LogP contribution in [-0.2, 0) is 4.74 Å². The number of aryl methyl sites for hydroxylation is 1. The highest BCUT2D eigenvalue weighted by Gasteiger charge is 2.29. The van der Waals surface area contributed by atoms with Gasteiger partial charge in [-0.3, -0.25) is 0 Å². The van der Waals surface area contributed by atoms with Crippen molar-refractivity contribution in [2.24, 2.45) is 11.6 Å². The summed E-state index contributed by atoms with van der Waals surface area (Å²) in [5, 5.41) is 1.28. The summed E-state index contributed by atoms with van der Waals surface area (Å²) in [6.07, 6.45) is 5.31. The number of alkyl halides is 1. The van der Waals surface area contributed by atoms with Gasteiger partial charge in [-0.15, -0.1) is 0 Å². The molecule has 0 unspecified atom stereocenters. The lowest BCUT2D eigenvalue weighted by atomic mass is 9.98. The van der Waals surface area contributed by atoms with Crippen LogP contribution in [-0.4, -0.2) is 60.0 Å². The number of hydrogen-bond acceptors (Lipinski definition) is 7. The Balaban J connectivity index is 2.14. The summed E-state index contributed by atoms with van der Waals surface area (Å²) in [5.41, 5.74) is 7.24. The van der Waals surface area contributed by atoms with Crippen molar-refractivity contribution in [3.63, 3.8) is 0 Å². The standard InChI is InChI=1S/C22H36FN5O3/c1-15-19(31-16-9-7-6-8-10-16)12-11-17(26-15)20(24)18(28(5)25)13-30-21(29)27(4)22(2,3)14-23/h11-12,16H,6-10,13-14,24-25H2,1-5H3/b20-18-. The molecular weight excluding hydrogens is 401 g/mol. The molecule has 1 aromatic heterocycles. The second-order valence-corrected chi connectivity index (χ2v) is 8.69. The summed E-state index contributed by atoms with van der Waals surface area (Å²) >= 11 is 0. The molecule has 0 saturated heterocycles. The van der Waals surface area contributed by atoms with Crippen LogP contribution in [0.15, 0.2) is 17.8 Å². The molecule has 0 atom stereocenters. The summed E-state index contributed by atoms with van der Waals surface area (Å²) in [6, 6.07) is 3.63. The van der Waals surface area contributed by atoms with Gasteiger partial charge in [0.2, 0.25) is 0 Å². The van der Waals surface area contributed by atoms with Crippen LogP contribution in [0.3, 0.4) is 0 Å². The fourth-order valence-corrected chi connectivity index (χ4v) is 3.27. The van der Waals surface area contributed by atoms with Crippen LogP contribution < -0.4 is 16.3 Å². The molecule has 1 aliphatic carbocycles. The molecular formula is C22H36FN5O3. The largest absolute Gasteiger partial charge is 0.489 e. The average Bonchev–Trinajstić information content (AvgIpc) is 2.74. The van der Waals surface area contributed by atoms with Crippen molar-refractivity contribution in [1.29, 1.82) is 0 Å². The van der Waals surface area contributed by atoms with E-state index in [4.69, 9.17) is 21.1 Å². The Bertz CT molecular complexity index is 791. The van der Waals surface area contributed by atoms with Crippen molar-refractivity contribution in [1.82, 2.24) is 14.9 Å². The smallest absolute Gasteiger partial charge is 0.410 e. The van der Waals surface area contributed by atoms with Crippen LogP contribution >= 0.6 is 0 Å². The number of rotatable bonds is 8. The Hall–Kier alpha value is -2.55. The molecule has 1 fully saturated rings. The van der Waals surface area contributed by atoms with Gasteiger partial charge in [-0.05, 0) is 58.6 Å². The Labute approximate surface area is 184 Å². The zero-order chi connectivity index (χ0) is 23.2. The second kappa shape index (κ2) is 10.7. The fourth-order valence-electron chi connectivity index (χ4n) is 3.27. The molecule has 1 amide bonds. The summed E-state index contributed by atoms with van der Waals surface area (Å²) in [5.74, 6) is 6.66. The van der Waals surface area contributed by atoms with E-state index in [1.54, 1.807) is 27.0 Å². The highest BCUT2D eigenvalue weighted by molar-refractivity contribution is 5.69. The number of pyridine rings is 1. The zero-order valence-corrected chi connectivity index (χ0v) is 19.3. The maximum absolute atomic E-state index is 13.2. The molecule has 0 aliphatic heterocycles. The molecule has 0 spiro atoms. The SMILES string of the molecule is Cc1nc(/C(N)=C(\COC(=O)N(C)C(C)(C)CF)N(C)N)ccc1OC1CCCCC1. The van der Waals surface area contributed by atoms with Crippen molar-refractivity contribution >= 4 is 11.8 Å². The van der Waals surface area contributed by atoms with Gasteiger partial charge < -0.3 is 25.1 Å². The third-order valence-corrected chi connectivity index (χ3v) is 5.74. The Morgan fingerprint density at radius 1 is 1.26 bits per heavy atom. The van der Waals surface area contributed by atoms with Crippen LogP contribution in [0.1, 0.15) is 57.3 Å². The monoisotopic (exact) mass is 437 g/mol. The number of amides is 1. The first-order valence-electron chi connectivity index (χ1n) is 10.6. The van der Waals surface area contributed by atoms with E-state index in [1.165, 1.54) is 36.2 Å². The number of halogens is 1. The average molecular weight is 438 g/mol. The third kappa shape index (κ3) is 6.46. The minimum atomic E-state index is -0.978. The summed E-state index contributed by atoms with van der Waals surface area (Å²) in [4.78, 5) is 18.1. The van der Waals surface area contributed by atoms with Crippen molar-refractivity contribution in [2.45, 2.75) is 64.5 Å². The maximum Gasteiger partial charge on any atom is 0.410 e. The van der Waals surface area contributed by atoms with Crippen molar-refractivity contribution in [3.8, 4) is 5.75 Å². The number of hydrogen-bond donors (Lipinski definition) is 2. The number of hydrazine groups is 1. The first kappa shape index (κ1) is 24.7. The molecule has 0 radical (unpaired) electrons. The Kier molecular flexibility index (Phi) is 8.50. The third-order valence-electron chi connectivity index (χ3n) is 5.74. The van der Waals surface area contributed by atoms with Gasteiger partial charge in [-0.25, -0.2) is 20.0 Å². The quantitative estimate of drug-likeness (QED) is 0.474. The number of carbonyl (C=O) groups is 1. The van der Waals surface area contributed by atoms with E-state index < -0.39 is 18.3 Å². The fraction of sp³-hybridized carbons (Fsp3) is 0.636. The van der Waals surface area contributed by atoms with Gasteiger partial charge in [-0.1, -0.05) is 6.42 Å². The number of nitrogens with zero attached hydrogens (tertiary/aromatic N) is 3. The van der Waals surface area contributed by atoms with Gasteiger partial charge in [0.1, 0.15) is 19.0 Å². The van der Waals surface area contributed by atoms with Crippen molar-refractivity contribution < 1.29 is 18.7 Å². The van der Waals surface area contributed by atoms with Gasteiger partial charge in [0.25, 0.3) is 0 Å². The number of nitrogens with two attached hydrogens (primary N) is 2. The first-order valence-corrected chi connectivity index (χ1v) is 10.6. The molecule has 174 valence electrons. The molecule has 1 heterocycles. The highest BCUT2D eigenvalue weighted by atomic mass is 19.1. The maximum atomic E-state index is 13.2. The van der Waals surface area contributed by atoms with Gasteiger partial charge in [0.05, 0.1) is 34.4 Å². The van der Waals surface area contributed by atoms with Crippen LogP contribution in [0.4, 0.5) is 9.18 Å². The summed E-state index contributed by atoms with van der Waals surface area (Å²) in [6.45, 7) is 4.22. The molecule has 31 heavy (non-hydrogen) atoms. The summed E-state index contributed by atoms with van der Waals surface area (Å²) in [7, 11) is 3.08. The Morgan fingerprint density at radius 3 is 2.45 bits per heavy atom. The second-order valence-electron chi connectivity index (χ2n) is 8.69. The van der Waals surface area contributed by atoms with E-state index in [2.05, 4.69) is 4.98 Å². The molecule has 9 heteroatoms. The van der Waals surface area contributed by atoms with Gasteiger partial charge >= 0.3 is 6.09 Å². The van der Waals surface area contributed by atoms with E-state index in [9.17, 15) is 9.18 Å². The zero-order valence-electron chi connectivity index (χ0n) is 19.3. The Morgan fingerprint density at radius 2 is 1.90 bits per heavy atom. The lowest BCUT2D eigenvalue weighted by Gasteiger charge is -2.32. The predicted molar refractivity (Wildman–Crippen MR) is 119 cm³/mol. The van der Waals surface area contributed by atoms with Crippen LogP contribution in [0, 0.1) is 6.92 Å². The first-order chi connectivity index (χ1) is 14.6. The molecule has 2 rings (SSSR count). The molecule has 0 bridgehead atoms. The molecule has 8 nitrogen and oxygen atoms in total. The number of aromatic nitrogens is 1. The van der Waals surface area contributed by atoms with Crippen LogP contribution in [0.2, 0.25) is 0 Å². The topological polar surface area (TPSA) is 107 Å². The van der Waals surface area contributed by atoms with Crippen molar-refractivity contribution in [2.75, 3.05) is 27.4 Å². The van der Waals surface area contributed by atoms with Gasteiger partial charge in [0.15, 0.2) is 0 Å². The summed E-state index contributed by atoms with van der Waals surface area (Å²) < 4.78 is 24.6. The van der Waals surface area contributed by atoms with E-state index in [0.29, 0.717) is 11.4 Å².